The summed E-state index contributed by atoms with van der Waals surface area (Å²) in [5, 5.41) is 0.0985. The van der Waals surface area contributed by atoms with E-state index in [9.17, 15) is 8.42 Å². The summed E-state index contributed by atoms with van der Waals surface area (Å²) in [4.78, 5) is 0. The molecule has 3 nitrogen and oxygen atoms in total. The molecule has 1 aromatic carbocycles. The predicted molar refractivity (Wildman–Crippen MR) is 59.1 cm³/mol. The van der Waals surface area contributed by atoms with Crippen LogP contribution in [0.4, 0.5) is 0 Å². The number of rotatable bonds is 1. The molecule has 0 saturated carbocycles. The molecule has 0 amide bonds. The van der Waals surface area contributed by atoms with Gasteiger partial charge in [0.2, 0.25) is 0 Å². The average Bonchev–Trinajstić information content (AvgIpc) is 2.15. The van der Waals surface area contributed by atoms with Crippen molar-refractivity contribution in [3.8, 4) is 5.75 Å². The number of hydrogen-bond acceptors (Lipinski definition) is 3. The van der Waals surface area contributed by atoms with E-state index in [0.717, 1.165) is 0 Å². The van der Waals surface area contributed by atoms with E-state index in [4.69, 9.17) is 16.3 Å². The molecular formula is C10H11ClO3S. The van der Waals surface area contributed by atoms with E-state index in [0.29, 0.717) is 29.4 Å². The summed E-state index contributed by atoms with van der Waals surface area (Å²) in [6.45, 7) is 0.422. The number of hydrogen-bond donors (Lipinski definition) is 0. The minimum Gasteiger partial charge on any atom is -0.493 e. The maximum atomic E-state index is 11.5. The molecule has 1 atom stereocenters. The van der Waals surface area contributed by atoms with Gasteiger partial charge in [0.15, 0.2) is 9.84 Å². The van der Waals surface area contributed by atoms with E-state index in [2.05, 4.69) is 0 Å². The van der Waals surface area contributed by atoms with Crippen molar-refractivity contribution in [1.82, 2.24) is 0 Å². The second-order valence-electron chi connectivity index (χ2n) is 3.64. The lowest BCUT2D eigenvalue weighted by atomic mass is 10.1. The highest BCUT2D eigenvalue weighted by atomic mass is 35.5. The van der Waals surface area contributed by atoms with E-state index < -0.39 is 15.1 Å². The van der Waals surface area contributed by atoms with Gasteiger partial charge in [-0.2, -0.15) is 0 Å². The van der Waals surface area contributed by atoms with Crippen molar-refractivity contribution in [3.05, 3.63) is 28.8 Å². The van der Waals surface area contributed by atoms with Crippen LogP contribution in [0.1, 0.15) is 17.2 Å². The first-order valence-electron chi connectivity index (χ1n) is 4.59. The fourth-order valence-corrected chi connectivity index (χ4v) is 3.12. The van der Waals surface area contributed by atoms with Crippen LogP contribution in [0.5, 0.6) is 5.75 Å². The first kappa shape index (κ1) is 10.8. The molecule has 0 N–H and O–H groups in total. The van der Waals surface area contributed by atoms with Gasteiger partial charge >= 0.3 is 0 Å². The van der Waals surface area contributed by atoms with Crippen LogP contribution in [0, 0.1) is 0 Å². The highest BCUT2D eigenvalue weighted by molar-refractivity contribution is 7.90. The second kappa shape index (κ2) is 3.68. The predicted octanol–water partition coefficient (Wildman–Crippen LogP) is 2.21. The van der Waals surface area contributed by atoms with Gasteiger partial charge in [0.1, 0.15) is 5.75 Å². The van der Waals surface area contributed by atoms with E-state index in [1.54, 1.807) is 18.2 Å². The highest BCUT2D eigenvalue weighted by Crippen LogP contribution is 2.38. The standard InChI is InChI=1S/C10H11ClO3S/c1-15(12,13)10-4-5-14-9-6-7(11)2-3-8(9)10/h2-3,6,10H,4-5H2,1H3. The molecule has 0 spiro atoms. The van der Waals surface area contributed by atoms with Crippen molar-refractivity contribution in [2.45, 2.75) is 11.7 Å². The summed E-state index contributed by atoms with van der Waals surface area (Å²) in [5.74, 6) is 0.587. The fourth-order valence-electron chi connectivity index (χ4n) is 1.78. The lowest BCUT2D eigenvalue weighted by molar-refractivity contribution is 0.283. The normalized spacial score (nSPS) is 20.5. The Bertz CT molecular complexity index is 481. The number of fused-ring (bicyclic) bond motifs is 1. The number of sulfone groups is 1. The Balaban J connectivity index is 2.52. The first-order valence-corrected chi connectivity index (χ1v) is 6.93. The van der Waals surface area contributed by atoms with Crippen LogP contribution in [0.3, 0.4) is 0 Å². The van der Waals surface area contributed by atoms with E-state index >= 15 is 0 Å². The Labute approximate surface area is 93.9 Å². The van der Waals surface area contributed by atoms with E-state index in [-0.39, 0.29) is 0 Å². The summed E-state index contributed by atoms with van der Waals surface area (Å²) in [5.41, 5.74) is 0.716. The van der Waals surface area contributed by atoms with Crippen LogP contribution in [0.2, 0.25) is 5.02 Å². The van der Waals surface area contributed by atoms with Crippen LogP contribution in [-0.2, 0) is 9.84 Å². The molecule has 2 rings (SSSR count). The molecule has 0 aliphatic carbocycles. The van der Waals surface area contributed by atoms with Gasteiger partial charge in [-0.25, -0.2) is 8.42 Å². The molecule has 15 heavy (non-hydrogen) atoms. The molecule has 1 aliphatic heterocycles. The fraction of sp³-hybridized carbons (Fsp3) is 0.400. The third kappa shape index (κ3) is 2.11. The Morgan fingerprint density at radius 1 is 1.47 bits per heavy atom. The topological polar surface area (TPSA) is 43.4 Å². The van der Waals surface area contributed by atoms with Crippen molar-refractivity contribution in [3.63, 3.8) is 0 Å². The summed E-state index contributed by atoms with van der Waals surface area (Å²) in [6, 6.07) is 5.07. The van der Waals surface area contributed by atoms with Gasteiger partial charge in [-0.1, -0.05) is 17.7 Å². The molecule has 5 heteroatoms. The Morgan fingerprint density at radius 3 is 2.87 bits per heavy atom. The molecule has 0 saturated heterocycles. The maximum Gasteiger partial charge on any atom is 0.154 e. The first-order chi connectivity index (χ1) is 6.98. The molecule has 1 aromatic rings. The molecule has 0 fully saturated rings. The molecule has 82 valence electrons. The highest BCUT2D eigenvalue weighted by Gasteiger charge is 2.29. The van der Waals surface area contributed by atoms with Crippen LogP contribution in [0.15, 0.2) is 18.2 Å². The van der Waals surface area contributed by atoms with Crippen LogP contribution < -0.4 is 4.74 Å². The minimum absolute atomic E-state index is 0.422. The zero-order chi connectivity index (χ0) is 11.1. The lowest BCUT2D eigenvalue weighted by Gasteiger charge is -2.24. The number of benzene rings is 1. The van der Waals surface area contributed by atoms with Crippen LogP contribution in [-0.4, -0.2) is 21.3 Å². The van der Waals surface area contributed by atoms with Crippen LogP contribution >= 0.6 is 11.6 Å². The van der Waals surface area contributed by atoms with Crippen molar-refractivity contribution < 1.29 is 13.2 Å². The van der Waals surface area contributed by atoms with E-state index in [1.165, 1.54) is 6.26 Å². The SMILES string of the molecule is CS(=O)(=O)C1CCOc2cc(Cl)ccc21. The van der Waals surface area contributed by atoms with Gasteiger partial charge < -0.3 is 4.74 Å². The van der Waals surface area contributed by atoms with Gasteiger partial charge in [0.25, 0.3) is 0 Å². The van der Waals surface area contributed by atoms with E-state index in [1.807, 2.05) is 0 Å². The summed E-state index contributed by atoms with van der Waals surface area (Å²) in [6.07, 6.45) is 1.76. The third-order valence-corrected chi connectivity index (χ3v) is 4.24. The molecule has 0 aromatic heterocycles. The van der Waals surface area contributed by atoms with Gasteiger partial charge in [-0.15, -0.1) is 0 Å². The van der Waals surface area contributed by atoms with Gasteiger partial charge in [0.05, 0.1) is 11.9 Å². The van der Waals surface area contributed by atoms with Gasteiger partial charge in [0, 0.05) is 23.3 Å². The molecule has 1 unspecified atom stereocenters. The zero-order valence-electron chi connectivity index (χ0n) is 8.23. The molecule has 1 aliphatic rings. The van der Waals surface area contributed by atoms with Gasteiger partial charge in [-0.05, 0) is 12.1 Å². The third-order valence-electron chi connectivity index (χ3n) is 2.48. The average molecular weight is 247 g/mol. The molecule has 0 bridgehead atoms. The summed E-state index contributed by atoms with van der Waals surface area (Å²) >= 11 is 5.81. The van der Waals surface area contributed by atoms with Crippen molar-refractivity contribution in [2.24, 2.45) is 0 Å². The Kier molecular flexibility index (Phi) is 2.64. The monoisotopic (exact) mass is 246 g/mol. The van der Waals surface area contributed by atoms with Gasteiger partial charge in [-0.3, -0.25) is 0 Å². The minimum atomic E-state index is -3.08. The number of ether oxygens (including phenoxy) is 1. The molecule has 1 heterocycles. The lowest BCUT2D eigenvalue weighted by Crippen LogP contribution is -2.20. The second-order valence-corrected chi connectivity index (χ2v) is 6.30. The van der Waals surface area contributed by atoms with Crippen LogP contribution in [0.25, 0.3) is 0 Å². The Morgan fingerprint density at radius 2 is 2.20 bits per heavy atom. The summed E-state index contributed by atoms with van der Waals surface area (Å²) in [7, 11) is -3.08. The smallest absolute Gasteiger partial charge is 0.154 e. The van der Waals surface area contributed by atoms with Crippen molar-refractivity contribution >= 4 is 21.4 Å². The largest absolute Gasteiger partial charge is 0.493 e. The summed E-state index contributed by atoms with van der Waals surface area (Å²) < 4.78 is 28.5. The van der Waals surface area contributed by atoms with Crippen molar-refractivity contribution in [2.75, 3.05) is 12.9 Å². The maximum absolute atomic E-state index is 11.5. The molecular weight excluding hydrogens is 236 g/mol. The quantitative estimate of drug-likeness (QED) is 0.763. The molecule has 0 radical (unpaired) electrons. The Hall–Kier alpha value is -0.740. The van der Waals surface area contributed by atoms with Crippen molar-refractivity contribution in [1.29, 1.82) is 0 Å². The number of halogens is 1. The zero-order valence-corrected chi connectivity index (χ0v) is 9.81.